The van der Waals surface area contributed by atoms with Crippen LogP contribution in [0.25, 0.3) is 0 Å². The van der Waals surface area contributed by atoms with E-state index in [1.165, 1.54) is 6.92 Å². The van der Waals surface area contributed by atoms with Gasteiger partial charge in [-0.25, -0.2) is 0 Å². The SMILES string of the molecule is CC(NC(=O)[C@@H](N)c1ccccc1)C(N)=O. The van der Waals surface area contributed by atoms with E-state index in [0.717, 1.165) is 0 Å². The first-order valence-corrected chi connectivity index (χ1v) is 4.92. The minimum atomic E-state index is -0.789. The van der Waals surface area contributed by atoms with Crippen LogP contribution in [-0.2, 0) is 9.59 Å². The Balaban J connectivity index is 2.65. The van der Waals surface area contributed by atoms with E-state index in [2.05, 4.69) is 5.32 Å². The van der Waals surface area contributed by atoms with Crippen molar-refractivity contribution in [3.05, 3.63) is 35.9 Å². The maximum atomic E-state index is 11.6. The third-order valence-electron chi connectivity index (χ3n) is 2.23. The zero-order valence-corrected chi connectivity index (χ0v) is 9.01. The lowest BCUT2D eigenvalue weighted by atomic mass is 10.1. The molecular weight excluding hydrogens is 206 g/mol. The Morgan fingerprint density at radius 1 is 1.25 bits per heavy atom. The summed E-state index contributed by atoms with van der Waals surface area (Å²) in [5, 5.41) is 2.44. The van der Waals surface area contributed by atoms with Crippen LogP contribution in [-0.4, -0.2) is 17.9 Å². The second kappa shape index (κ2) is 5.27. The third kappa shape index (κ3) is 3.06. The van der Waals surface area contributed by atoms with Crippen molar-refractivity contribution >= 4 is 11.8 Å². The predicted octanol–water partition coefficient (Wildman–Crippen LogP) is -0.324. The van der Waals surface area contributed by atoms with Crippen molar-refractivity contribution in [3.63, 3.8) is 0 Å². The van der Waals surface area contributed by atoms with Crippen molar-refractivity contribution in [1.82, 2.24) is 5.32 Å². The quantitative estimate of drug-likeness (QED) is 0.649. The molecule has 0 aliphatic carbocycles. The Kier molecular flexibility index (Phi) is 4.02. The van der Waals surface area contributed by atoms with Gasteiger partial charge in [0.05, 0.1) is 0 Å². The van der Waals surface area contributed by atoms with Gasteiger partial charge in [-0.15, -0.1) is 0 Å². The van der Waals surface area contributed by atoms with E-state index in [9.17, 15) is 9.59 Å². The van der Waals surface area contributed by atoms with Gasteiger partial charge in [-0.1, -0.05) is 30.3 Å². The molecule has 0 bridgehead atoms. The number of benzene rings is 1. The highest BCUT2D eigenvalue weighted by Gasteiger charge is 2.19. The molecule has 16 heavy (non-hydrogen) atoms. The second-order valence-electron chi connectivity index (χ2n) is 3.52. The maximum absolute atomic E-state index is 11.6. The van der Waals surface area contributed by atoms with Gasteiger partial charge >= 0.3 is 0 Å². The van der Waals surface area contributed by atoms with Crippen LogP contribution in [0.4, 0.5) is 0 Å². The number of rotatable bonds is 4. The minimum Gasteiger partial charge on any atom is -0.368 e. The molecule has 0 heterocycles. The Morgan fingerprint density at radius 3 is 2.31 bits per heavy atom. The molecule has 0 aliphatic heterocycles. The van der Waals surface area contributed by atoms with Crippen molar-refractivity contribution in [2.75, 3.05) is 0 Å². The minimum absolute atomic E-state index is 0.419. The van der Waals surface area contributed by atoms with E-state index in [0.29, 0.717) is 5.56 Å². The Labute approximate surface area is 93.8 Å². The first kappa shape index (κ1) is 12.2. The lowest BCUT2D eigenvalue weighted by Gasteiger charge is -2.15. The predicted molar refractivity (Wildman–Crippen MR) is 60.2 cm³/mol. The van der Waals surface area contributed by atoms with Gasteiger partial charge in [0.15, 0.2) is 0 Å². The van der Waals surface area contributed by atoms with Gasteiger partial charge in [0.2, 0.25) is 11.8 Å². The summed E-state index contributed by atoms with van der Waals surface area (Å²) in [7, 11) is 0. The number of hydrogen-bond acceptors (Lipinski definition) is 3. The van der Waals surface area contributed by atoms with Gasteiger partial charge in [-0.3, -0.25) is 9.59 Å². The average Bonchev–Trinajstić information content (AvgIpc) is 2.28. The van der Waals surface area contributed by atoms with Crippen molar-refractivity contribution in [3.8, 4) is 0 Å². The topological polar surface area (TPSA) is 98.2 Å². The molecule has 0 saturated carbocycles. The molecule has 1 aromatic carbocycles. The van der Waals surface area contributed by atoms with E-state index >= 15 is 0 Å². The monoisotopic (exact) mass is 221 g/mol. The van der Waals surface area contributed by atoms with E-state index in [4.69, 9.17) is 11.5 Å². The van der Waals surface area contributed by atoms with E-state index in [-0.39, 0.29) is 0 Å². The summed E-state index contributed by atoms with van der Waals surface area (Å²) in [6.45, 7) is 1.51. The number of hydrogen-bond donors (Lipinski definition) is 3. The van der Waals surface area contributed by atoms with Crippen molar-refractivity contribution < 1.29 is 9.59 Å². The van der Waals surface area contributed by atoms with E-state index < -0.39 is 23.9 Å². The Bertz CT molecular complexity index is 378. The van der Waals surface area contributed by atoms with Crippen LogP contribution in [0.3, 0.4) is 0 Å². The summed E-state index contributed by atoms with van der Waals surface area (Å²) in [6.07, 6.45) is 0. The second-order valence-corrected chi connectivity index (χ2v) is 3.52. The van der Waals surface area contributed by atoms with Crippen LogP contribution in [0.15, 0.2) is 30.3 Å². The molecule has 2 atom stereocenters. The molecule has 0 aliphatic rings. The van der Waals surface area contributed by atoms with Crippen LogP contribution in [0.5, 0.6) is 0 Å². The lowest BCUT2D eigenvalue weighted by Crippen LogP contribution is -2.45. The highest BCUT2D eigenvalue weighted by molar-refractivity contribution is 5.89. The van der Waals surface area contributed by atoms with Gasteiger partial charge in [-0.2, -0.15) is 0 Å². The first-order valence-electron chi connectivity index (χ1n) is 4.92. The molecule has 1 unspecified atom stereocenters. The highest BCUT2D eigenvalue weighted by Crippen LogP contribution is 2.09. The van der Waals surface area contributed by atoms with E-state index in [1.54, 1.807) is 24.3 Å². The standard InChI is InChI=1S/C11H15N3O2/c1-7(10(13)15)14-11(16)9(12)8-5-3-2-4-6-8/h2-7,9H,12H2,1H3,(H2,13,15)(H,14,16)/t7?,9-/m0/s1. The first-order chi connectivity index (χ1) is 7.52. The number of carbonyl (C=O) groups excluding carboxylic acids is 2. The zero-order valence-electron chi connectivity index (χ0n) is 9.01. The van der Waals surface area contributed by atoms with Crippen LogP contribution < -0.4 is 16.8 Å². The molecule has 1 aromatic rings. The number of amides is 2. The molecule has 0 aromatic heterocycles. The van der Waals surface area contributed by atoms with Crippen LogP contribution in [0.1, 0.15) is 18.5 Å². The summed E-state index contributed by atoms with van der Waals surface area (Å²) in [4.78, 5) is 22.4. The fraction of sp³-hybridized carbons (Fsp3) is 0.273. The van der Waals surface area contributed by atoms with Gasteiger partial charge in [0.25, 0.3) is 0 Å². The third-order valence-corrected chi connectivity index (χ3v) is 2.23. The average molecular weight is 221 g/mol. The normalized spacial score (nSPS) is 13.9. The number of nitrogens with one attached hydrogen (secondary N) is 1. The number of nitrogens with two attached hydrogens (primary N) is 2. The molecule has 1 rings (SSSR count). The Hall–Kier alpha value is -1.88. The van der Waals surface area contributed by atoms with Crippen LogP contribution in [0, 0.1) is 0 Å². The van der Waals surface area contributed by atoms with Crippen LogP contribution in [0.2, 0.25) is 0 Å². The van der Waals surface area contributed by atoms with Crippen LogP contribution >= 0.6 is 0 Å². The fourth-order valence-corrected chi connectivity index (χ4v) is 1.19. The molecular formula is C11H15N3O2. The molecule has 86 valence electrons. The van der Waals surface area contributed by atoms with Crippen molar-refractivity contribution in [2.45, 2.75) is 19.0 Å². The molecule has 5 nitrogen and oxygen atoms in total. The van der Waals surface area contributed by atoms with Crippen molar-refractivity contribution in [1.29, 1.82) is 0 Å². The molecule has 5 heteroatoms. The van der Waals surface area contributed by atoms with Gasteiger partial charge in [0.1, 0.15) is 12.1 Å². The van der Waals surface area contributed by atoms with Gasteiger partial charge in [-0.05, 0) is 12.5 Å². The molecule has 0 spiro atoms. The molecule has 0 fully saturated rings. The molecule has 0 radical (unpaired) electrons. The fourth-order valence-electron chi connectivity index (χ4n) is 1.19. The maximum Gasteiger partial charge on any atom is 0.242 e. The highest BCUT2D eigenvalue weighted by atomic mass is 16.2. The zero-order chi connectivity index (χ0) is 12.1. The summed E-state index contributed by atoms with van der Waals surface area (Å²) in [6, 6.07) is 7.41. The van der Waals surface area contributed by atoms with Gasteiger partial charge in [0, 0.05) is 0 Å². The smallest absolute Gasteiger partial charge is 0.242 e. The number of primary amides is 1. The summed E-state index contributed by atoms with van der Waals surface area (Å²) in [5.74, 6) is -1.01. The van der Waals surface area contributed by atoms with Gasteiger partial charge < -0.3 is 16.8 Å². The molecule has 2 amide bonds. The van der Waals surface area contributed by atoms with E-state index in [1.807, 2.05) is 6.07 Å². The molecule has 0 saturated heterocycles. The largest absolute Gasteiger partial charge is 0.368 e. The van der Waals surface area contributed by atoms with Crippen molar-refractivity contribution in [2.24, 2.45) is 11.5 Å². The summed E-state index contributed by atoms with van der Waals surface area (Å²) < 4.78 is 0. The number of carbonyl (C=O) groups is 2. The summed E-state index contributed by atoms with van der Waals surface area (Å²) >= 11 is 0. The Morgan fingerprint density at radius 2 is 1.81 bits per heavy atom. The lowest BCUT2D eigenvalue weighted by molar-refractivity contribution is -0.127. The molecule has 5 N–H and O–H groups in total. The summed E-state index contributed by atoms with van der Waals surface area (Å²) in [5.41, 5.74) is 11.4.